The van der Waals surface area contributed by atoms with Crippen molar-refractivity contribution in [1.82, 2.24) is 34.4 Å². The van der Waals surface area contributed by atoms with Gasteiger partial charge in [0, 0.05) is 20.0 Å². The van der Waals surface area contributed by atoms with Gasteiger partial charge in [0.25, 0.3) is 0 Å². The third kappa shape index (κ3) is 2.33. The fourth-order valence-corrected chi connectivity index (χ4v) is 2.27. The maximum absolute atomic E-state index is 12.1. The highest BCUT2D eigenvalue weighted by molar-refractivity contribution is 5.75. The third-order valence-corrected chi connectivity index (χ3v) is 3.34. The van der Waals surface area contributed by atoms with Gasteiger partial charge >= 0.3 is 0 Å². The quantitative estimate of drug-likeness (QED) is 0.772. The van der Waals surface area contributed by atoms with Gasteiger partial charge in [-0.1, -0.05) is 0 Å². The Morgan fingerprint density at radius 2 is 2.35 bits per heavy atom. The Kier molecular flexibility index (Phi) is 3.09. The molecule has 0 fully saturated rings. The topological polar surface area (TPSA) is 108 Å². The number of nitrogens with two attached hydrogens (primary N) is 1. The number of likely N-dealkylation sites (N-methyl/N-ethyl adjacent to an activating group) is 1. The lowest BCUT2D eigenvalue weighted by molar-refractivity contribution is -0.131. The van der Waals surface area contributed by atoms with Gasteiger partial charge in [-0.25, -0.2) is 9.67 Å². The van der Waals surface area contributed by atoms with Gasteiger partial charge in [-0.05, 0) is 6.42 Å². The van der Waals surface area contributed by atoms with E-state index >= 15 is 0 Å². The van der Waals surface area contributed by atoms with Crippen LogP contribution >= 0.6 is 0 Å². The van der Waals surface area contributed by atoms with Gasteiger partial charge in [-0.3, -0.25) is 4.79 Å². The first-order valence-electron chi connectivity index (χ1n) is 6.43. The normalized spacial score (nSPS) is 13.4. The number of carbonyl (C=O) groups is 1. The van der Waals surface area contributed by atoms with Crippen molar-refractivity contribution in [3.05, 3.63) is 18.0 Å². The molecule has 3 heterocycles. The average molecular weight is 276 g/mol. The average Bonchev–Trinajstić information content (AvgIpc) is 3.08. The number of fused-ring (bicyclic) bond motifs is 1. The Balaban J connectivity index is 1.63. The predicted molar refractivity (Wildman–Crippen MR) is 69.3 cm³/mol. The number of amides is 1. The summed E-state index contributed by atoms with van der Waals surface area (Å²) in [7, 11) is 1.74. The second-order valence-corrected chi connectivity index (χ2v) is 4.84. The van der Waals surface area contributed by atoms with E-state index in [0.717, 1.165) is 31.0 Å². The maximum Gasteiger partial charge on any atom is 0.244 e. The zero-order valence-electron chi connectivity index (χ0n) is 11.2. The van der Waals surface area contributed by atoms with Crippen molar-refractivity contribution < 1.29 is 4.79 Å². The van der Waals surface area contributed by atoms with E-state index in [1.165, 1.54) is 11.0 Å². The lowest BCUT2D eigenvalue weighted by Gasteiger charge is -2.16. The number of aryl methyl sites for hydroxylation is 1. The second-order valence-electron chi connectivity index (χ2n) is 4.84. The molecule has 3 rings (SSSR count). The number of carbonyl (C=O) groups excluding carboxylic acids is 1. The Morgan fingerprint density at radius 3 is 3.10 bits per heavy atom. The minimum atomic E-state index is -0.0785. The first kappa shape index (κ1) is 12.6. The van der Waals surface area contributed by atoms with Crippen LogP contribution in [0.4, 0.5) is 5.95 Å². The molecule has 9 heteroatoms. The van der Waals surface area contributed by atoms with Gasteiger partial charge in [-0.2, -0.15) is 0 Å². The van der Waals surface area contributed by atoms with Crippen molar-refractivity contribution >= 4 is 11.9 Å². The third-order valence-electron chi connectivity index (χ3n) is 3.34. The molecule has 9 nitrogen and oxygen atoms in total. The van der Waals surface area contributed by atoms with Gasteiger partial charge in [0.2, 0.25) is 11.9 Å². The number of hydrogen-bond acceptors (Lipinski definition) is 6. The molecule has 0 spiro atoms. The van der Waals surface area contributed by atoms with Gasteiger partial charge < -0.3 is 15.2 Å². The Morgan fingerprint density at radius 1 is 1.50 bits per heavy atom. The monoisotopic (exact) mass is 276 g/mol. The number of nitrogen functional groups attached to an aromatic ring is 1. The van der Waals surface area contributed by atoms with E-state index in [2.05, 4.69) is 24.8 Å². The number of anilines is 1. The second kappa shape index (κ2) is 4.91. The molecule has 1 amide bonds. The van der Waals surface area contributed by atoms with Crippen molar-refractivity contribution in [2.24, 2.45) is 0 Å². The summed E-state index contributed by atoms with van der Waals surface area (Å²) in [6.45, 7) is 1.48. The molecular formula is C11H16N8O. The molecule has 0 saturated carbocycles. The summed E-state index contributed by atoms with van der Waals surface area (Å²) in [5, 5.41) is 12.2. The molecule has 0 bridgehead atoms. The molecule has 1 aliphatic rings. The minimum absolute atomic E-state index is 0.0785. The fourth-order valence-electron chi connectivity index (χ4n) is 2.27. The molecule has 0 unspecified atom stereocenters. The van der Waals surface area contributed by atoms with E-state index in [-0.39, 0.29) is 18.4 Å². The zero-order chi connectivity index (χ0) is 14.1. The van der Waals surface area contributed by atoms with E-state index in [1.807, 2.05) is 0 Å². The standard InChI is InChI=1S/C11H16N8O/c1-17(10(20)6-18-7-13-11(12)16-18)5-9-15-14-8-3-2-4-19(8)9/h7H,2-6H2,1H3,(H2,12,16). The van der Waals surface area contributed by atoms with E-state index in [9.17, 15) is 4.79 Å². The van der Waals surface area contributed by atoms with Crippen LogP contribution in [0.1, 0.15) is 18.1 Å². The summed E-state index contributed by atoms with van der Waals surface area (Å²) in [6, 6.07) is 0. The summed E-state index contributed by atoms with van der Waals surface area (Å²) in [4.78, 5) is 17.5. The number of rotatable bonds is 4. The van der Waals surface area contributed by atoms with E-state index in [0.29, 0.717) is 6.54 Å². The molecular weight excluding hydrogens is 260 g/mol. The molecule has 0 atom stereocenters. The first-order valence-corrected chi connectivity index (χ1v) is 6.43. The number of aromatic nitrogens is 6. The number of nitrogens with zero attached hydrogens (tertiary/aromatic N) is 7. The van der Waals surface area contributed by atoms with Crippen LogP contribution in [0.5, 0.6) is 0 Å². The van der Waals surface area contributed by atoms with Crippen molar-refractivity contribution in [2.75, 3.05) is 12.8 Å². The summed E-state index contributed by atoms with van der Waals surface area (Å²) in [5.74, 6) is 1.91. The molecule has 0 saturated heterocycles. The Hall–Kier alpha value is -2.45. The predicted octanol–water partition coefficient (Wildman–Crippen LogP) is -0.943. The lowest BCUT2D eigenvalue weighted by atomic mass is 10.4. The van der Waals surface area contributed by atoms with E-state index in [4.69, 9.17) is 5.73 Å². The van der Waals surface area contributed by atoms with Crippen LogP contribution in [0.2, 0.25) is 0 Å². The molecule has 2 aromatic rings. The zero-order valence-corrected chi connectivity index (χ0v) is 11.2. The maximum atomic E-state index is 12.1. The molecule has 2 N–H and O–H groups in total. The lowest BCUT2D eigenvalue weighted by Crippen LogP contribution is -2.31. The van der Waals surface area contributed by atoms with E-state index < -0.39 is 0 Å². The molecule has 1 aliphatic heterocycles. The van der Waals surface area contributed by atoms with Crippen LogP contribution in [0.3, 0.4) is 0 Å². The van der Waals surface area contributed by atoms with Crippen LogP contribution < -0.4 is 5.73 Å². The van der Waals surface area contributed by atoms with Gasteiger partial charge in [-0.15, -0.1) is 15.3 Å². The van der Waals surface area contributed by atoms with Crippen molar-refractivity contribution in [3.8, 4) is 0 Å². The summed E-state index contributed by atoms with van der Waals surface area (Å²) in [5.41, 5.74) is 5.41. The largest absolute Gasteiger partial charge is 0.367 e. The Labute approximate surface area is 115 Å². The fraction of sp³-hybridized carbons (Fsp3) is 0.545. The minimum Gasteiger partial charge on any atom is -0.367 e. The molecule has 0 aliphatic carbocycles. The molecule has 20 heavy (non-hydrogen) atoms. The highest BCUT2D eigenvalue weighted by Crippen LogP contribution is 2.15. The van der Waals surface area contributed by atoms with Crippen LogP contribution in [-0.2, 0) is 30.8 Å². The van der Waals surface area contributed by atoms with E-state index in [1.54, 1.807) is 11.9 Å². The van der Waals surface area contributed by atoms with Crippen molar-refractivity contribution in [3.63, 3.8) is 0 Å². The SMILES string of the molecule is CN(Cc1nnc2n1CCC2)C(=O)Cn1cnc(N)n1. The van der Waals surface area contributed by atoms with Gasteiger partial charge in [0.1, 0.15) is 18.7 Å². The molecule has 2 aromatic heterocycles. The Bertz CT molecular complexity index is 630. The summed E-state index contributed by atoms with van der Waals surface area (Å²) < 4.78 is 3.50. The molecule has 106 valence electrons. The first-order chi connectivity index (χ1) is 9.63. The van der Waals surface area contributed by atoms with Crippen LogP contribution in [-0.4, -0.2) is 47.4 Å². The summed E-state index contributed by atoms with van der Waals surface area (Å²) >= 11 is 0. The van der Waals surface area contributed by atoms with Crippen LogP contribution in [0.15, 0.2) is 6.33 Å². The number of hydrogen-bond donors (Lipinski definition) is 1. The highest BCUT2D eigenvalue weighted by atomic mass is 16.2. The van der Waals surface area contributed by atoms with Crippen molar-refractivity contribution in [2.45, 2.75) is 32.5 Å². The van der Waals surface area contributed by atoms with Crippen LogP contribution in [0.25, 0.3) is 0 Å². The van der Waals surface area contributed by atoms with Crippen molar-refractivity contribution in [1.29, 1.82) is 0 Å². The highest BCUT2D eigenvalue weighted by Gasteiger charge is 2.20. The summed E-state index contributed by atoms with van der Waals surface area (Å²) in [6.07, 6.45) is 3.49. The van der Waals surface area contributed by atoms with Gasteiger partial charge in [0.05, 0.1) is 6.54 Å². The molecule has 0 radical (unpaired) electrons. The molecule has 0 aromatic carbocycles. The van der Waals surface area contributed by atoms with Crippen LogP contribution in [0, 0.1) is 0 Å². The van der Waals surface area contributed by atoms with Gasteiger partial charge in [0.15, 0.2) is 5.82 Å². The smallest absolute Gasteiger partial charge is 0.244 e.